The SMILES string of the molecule is Cc1ccc(CN2CCCN(c3ccc(NC(=O)c4ccc(C(F)(F)F)cc4)cn3)CC2)cc1. The number of rotatable bonds is 5. The Balaban J connectivity index is 1.32. The molecular formula is C26H27F3N4O. The summed E-state index contributed by atoms with van der Waals surface area (Å²) in [6.07, 6.45) is -1.83. The molecule has 2 aromatic carbocycles. The predicted molar refractivity (Wildman–Crippen MR) is 127 cm³/mol. The third-order valence-corrected chi connectivity index (χ3v) is 5.92. The molecule has 4 rings (SSSR count). The van der Waals surface area contributed by atoms with Gasteiger partial charge in [0.15, 0.2) is 0 Å². The van der Waals surface area contributed by atoms with Crippen molar-refractivity contribution < 1.29 is 18.0 Å². The van der Waals surface area contributed by atoms with Crippen molar-refractivity contribution in [2.45, 2.75) is 26.1 Å². The highest BCUT2D eigenvalue weighted by Crippen LogP contribution is 2.29. The molecular weight excluding hydrogens is 441 g/mol. The molecule has 0 atom stereocenters. The van der Waals surface area contributed by atoms with Crippen LogP contribution in [-0.2, 0) is 12.7 Å². The van der Waals surface area contributed by atoms with Gasteiger partial charge in [-0.2, -0.15) is 13.2 Å². The molecule has 1 aromatic heterocycles. The van der Waals surface area contributed by atoms with Crippen LogP contribution in [0.25, 0.3) is 0 Å². The molecule has 1 amide bonds. The van der Waals surface area contributed by atoms with Gasteiger partial charge in [0.05, 0.1) is 17.4 Å². The van der Waals surface area contributed by atoms with Gasteiger partial charge in [0, 0.05) is 38.3 Å². The van der Waals surface area contributed by atoms with Crippen LogP contribution in [0.15, 0.2) is 66.9 Å². The van der Waals surface area contributed by atoms with Crippen LogP contribution in [0.5, 0.6) is 0 Å². The Labute approximate surface area is 197 Å². The Hall–Kier alpha value is -3.39. The first-order chi connectivity index (χ1) is 16.3. The number of carbonyl (C=O) groups is 1. The van der Waals surface area contributed by atoms with Crippen LogP contribution in [0.1, 0.15) is 33.5 Å². The predicted octanol–water partition coefficient (Wildman–Crippen LogP) is 5.37. The Morgan fingerprint density at radius 2 is 1.68 bits per heavy atom. The first kappa shape index (κ1) is 23.8. The summed E-state index contributed by atoms with van der Waals surface area (Å²) < 4.78 is 38.1. The summed E-state index contributed by atoms with van der Waals surface area (Å²) in [6.45, 7) is 6.72. The topological polar surface area (TPSA) is 48.5 Å². The first-order valence-electron chi connectivity index (χ1n) is 11.3. The smallest absolute Gasteiger partial charge is 0.355 e. The molecule has 0 aliphatic carbocycles. The number of hydrogen-bond donors (Lipinski definition) is 1. The Morgan fingerprint density at radius 3 is 2.32 bits per heavy atom. The largest absolute Gasteiger partial charge is 0.416 e. The number of pyridine rings is 1. The number of hydrogen-bond acceptors (Lipinski definition) is 4. The van der Waals surface area contributed by atoms with Gasteiger partial charge in [-0.3, -0.25) is 9.69 Å². The van der Waals surface area contributed by atoms with Crippen molar-refractivity contribution >= 4 is 17.4 Å². The van der Waals surface area contributed by atoms with Crippen molar-refractivity contribution in [3.63, 3.8) is 0 Å². The monoisotopic (exact) mass is 468 g/mol. The minimum atomic E-state index is -4.43. The van der Waals surface area contributed by atoms with E-state index in [1.807, 2.05) is 6.07 Å². The highest BCUT2D eigenvalue weighted by atomic mass is 19.4. The summed E-state index contributed by atoms with van der Waals surface area (Å²) in [5.41, 5.74) is 2.42. The molecule has 0 saturated carbocycles. The van der Waals surface area contributed by atoms with Crippen molar-refractivity contribution in [3.05, 3.63) is 89.1 Å². The minimum Gasteiger partial charge on any atom is -0.355 e. The second-order valence-corrected chi connectivity index (χ2v) is 8.54. The maximum absolute atomic E-state index is 12.7. The minimum absolute atomic E-state index is 0.151. The van der Waals surface area contributed by atoms with Crippen molar-refractivity contribution in [3.8, 4) is 0 Å². The van der Waals surface area contributed by atoms with E-state index in [0.29, 0.717) is 5.69 Å². The van der Waals surface area contributed by atoms with Crippen LogP contribution in [0.3, 0.4) is 0 Å². The molecule has 1 fully saturated rings. The van der Waals surface area contributed by atoms with E-state index in [2.05, 4.69) is 51.3 Å². The molecule has 1 N–H and O–H groups in total. The average Bonchev–Trinajstić information content (AvgIpc) is 3.06. The van der Waals surface area contributed by atoms with E-state index in [0.717, 1.165) is 57.1 Å². The summed E-state index contributed by atoms with van der Waals surface area (Å²) in [6, 6.07) is 16.4. The number of halogens is 3. The van der Waals surface area contributed by atoms with E-state index in [-0.39, 0.29) is 5.56 Å². The third kappa shape index (κ3) is 6.14. The van der Waals surface area contributed by atoms with Gasteiger partial charge < -0.3 is 10.2 Å². The molecule has 0 spiro atoms. The number of nitrogens with one attached hydrogen (secondary N) is 1. The lowest BCUT2D eigenvalue weighted by Crippen LogP contribution is -2.31. The normalized spacial score (nSPS) is 15.1. The standard InChI is InChI=1S/C26H27F3N4O/c1-19-3-5-20(6-4-19)18-32-13-2-14-33(16-15-32)24-12-11-23(17-30-24)31-25(34)21-7-9-22(10-8-21)26(27,28)29/h3-12,17H,2,13-16,18H2,1H3,(H,31,34). The van der Waals surface area contributed by atoms with E-state index < -0.39 is 17.6 Å². The lowest BCUT2D eigenvalue weighted by molar-refractivity contribution is -0.137. The molecule has 1 aliphatic heterocycles. The Kier molecular flexibility index (Phi) is 7.17. The number of amides is 1. The summed E-state index contributed by atoms with van der Waals surface area (Å²) in [4.78, 5) is 21.6. The van der Waals surface area contributed by atoms with Crippen LogP contribution < -0.4 is 10.2 Å². The Morgan fingerprint density at radius 1 is 0.941 bits per heavy atom. The molecule has 3 aromatic rings. The van der Waals surface area contributed by atoms with Gasteiger partial charge in [0.1, 0.15) is 5.82 Å². The second-order valence-electron chi connectivity index (χ2n) is 8.54. The van der Waals surface area contributed by atoms with Gasteiger partial charge >= 0.3 is 6.18 Å². The summed E-state index contributed by atoms with van der Waals surface area (Å²) in [5.74, 6) is 0.356. The van der Waals surface area contributed by atoms with Crippen LogP contribution in [0, 0.1) is 6.92 Å². The van der Waals surface area contributed by atoms with Gasteiger partial charge in [-0.05, 0) is 55.3 Å². The van der Waals surface area contributed by atoms with E-state index in [4.69, 9.17) is 0 Å². The fraction of sp³-hybridized carbons (Fsp3) is 0.308. The zero-order chi connectivity index (χ0) is 24.1. The molecule has 2 heterocycles. The van der Waals surface area contributed by atoms with E-state index >= 15 is 0 Å². The third-order valence-electron chi connectivity index (χ3n) is 5.92. The molecule has 0 unspecified atom stereocenters. The van der Waals surface area contributed by atoms with Crippen LogP contribution >= 0.6 is 0 Å². The van der Waals surface area contributed by atoms with Gasteiger partial charge in [-0.1, -0.05) is 29.8 Å². The average molecular weight is 469 g/mol. The zero-order valence-corrected chi connectivity index (χ0v) is 19.0. The lowest BCUT2D eigenvalue weighted by atomic mass is 10.1. The number of benzene rings is 2. The van der Waals surface area contributed by atoms with Gasteiger partial charge in [-0.15, -0.1) is 0 Å². The highest BCUT2D eigenvalue weighted by Gasteiger charge is 2.30. The lowest BCUT2D eigenvalue weighted by Gasteiger charge is -2.23. The molecule has 0 bridgehead atoms. The van der Waals surface area contributed by atoms with Crippen molar-refractivity contribution in [2.24, 2.45) is 0 Å². The second kappa shape index (κ2) is 10.3. The number of aromatic nitrogens is 1. The number of anilines is 2. The summed E-state index contributed by atoms with van der Waals surface area (Å²) in [5, 5.41) is 2.69. The Bertz CT molecular complexity index is 1100. The van der Waals surface area contributed by atoms with Crippen LogP contribution in [0.2, 0.25) is 0 Å². The maximum Gasteiger partial charge on any atom is 0.416 e. The van der Waals surface area contributed by atoms with Crippen molar-refractivity contribution in [2.75, 3.05) is 36.4 Å². The number of alkyl halides is 3. The summed E-state index contributed by atoms with van der Waals surface area (Å²) >= 11 is 0. The summed E-state index contributed by atoms with van der Waals surface area (Å²) in [7, 11) is 0. The zero-order valence-electron chi connectivity index (χ0n) is 19.0. The fourth-order valence-corrected chi connectivity index (χ4v) is 3.97. The first-order valence-corrected chi connectivity index (χ1v) is 11.3. The molecule has 178 valence electrons. The van der Waals surface area contributed by atoms with Crippen LogP contribution in [-0.4, -0.2) is 42.0 Å². The number of nitrogens with zero attached hydrogens (tertiary/aromatic N) is 3. The van der Waals surface area contributed by atoms with Crippen LogP contribution in [0.4, 0.5) is 24.7 Å². The van der Waals surface area contributed by atoms with Gasteiger partial charge in [0.25, 0.3) is 5.91 Å². The molecule has 8 heteroatoms. The van der Waals surface area contributed by atoms with Gasteiger partial charge in [0.2, 0.25) is 0 Å². The van der Waals surface area contributed by atoms with Crippen molar-refractivity contribution in [1.29, 1.82) is 0 Å². The maximum atomic E-state index is 12.7. The molecule has 34 heavy (non-hydrogen) atoms. The molecule has 1 aliphatic rings. The fourth-order valence-electron chi connectivity index (χ4n) is 3.97. The van der Waals surface area contributed by atoms with E-state index in [9.17, 15) is 18.0 Å². The van der Waals surface area contributed by atoms with E-state index in [1.54, 1.807) is 12.3 Å². The number of aryl methyl sites for hydroxylation is 1. The molecule has 1 saturated heterocycles. The van der Waals surface area contributed by atoms with Gasteiger partial charge in [-0.25, -0.2) is 4.98 Å². The number of carbonyl (C=O) groups excluding carboxylic acids is 1. The molecule has 0 radical (unpaired) electrons. The van der Waals surface area contributed by atoms with Crippen molar-refractivity contribution in [1.82, 2.24) is 9.88 Å². The quantitative estimate of drug-likeness (QED) is 0.547. The highest BCUT2D eigenvalue weighted by molar-refractivity contribution is 6.04. The molecule has 5 nitrogen and oxygen atoms in total. The van der Waals surface area contributed by atoms with E-state index in [1.165, 1.54) is 23.3 Å².